The van der Waals surface area contributed by atoms with Gasteiger partial charge in [-0.2, -0.15) is 0 Å². The number of amides is 1. The number of anilines is 1. The van der Waals surface area contributed by atoms with E-state index in [2.05, 4.69) is 10.3 Å². The lowest BCUT2D eigenvalue weighted by molar-refractivity contribution is -0.384. The van der Waals surface area contributed by atoms with Gasteiger partial charge in [0.05, 0.1) is 4.92 Å². The summed E-state index contributed by atoms with van der Waals surface area (Å²) in [7, 11) is 0. The molecular weight excluding hydrogens is 407 g/mol. The minimum absolute atomic E-state index is 0.0573. The zero-order valence-corrected chi connectivity index (χ0v) is 15.5. The van der Waals surface area contributed by atoms with E-state index in [4.69, 9.17) is 11.6 Å². The lowest BCUT2D eigenvalue weighted by atomic mass is 10.1. The second kappa shape index (κ2) is 7.02. The van der Waals surface area contributed by atoms with E-state index in [1.165, 1.54) is 35.6 Å². The van der Waals surface area contributed by atoms with Gasteiger partial charge >= 0.3 is 0 Å². The highest BCUT2D eigenvalue weighted by atomic mass is 35.5. The molecule has 0 aliphatic carbocycles. The number of nitrogens with zero attached hydrogens (tertiary/aromatic N) is 3. The van der Waals surface area contributed by atoms with E-state index >= 15 is 0 Å². The first kappa shape index (κ1) is 18.1. The number of carbonyl (C=O) groups is 1. The van der Waals surface area contributed by atoms with Gasteiger partial charge in [0.2, 0.25) is 0 Å². The van der Waals surface area contributed by atoms with E-state index in [-0.39, 0.29) is 22.1 Å². The molecule has 4 aromatic rings. The fourth-order valence-electron chi connectivity index (χ4n) is 2.69. The molecule has 2 aromatic carbocycles. The molecule has 140 valence electrons. The SMILES string of the molecule is O=C(Nc1c(-c2ccc(F)cc2)nc2sccn12)c1ccc(Cl)c([N+](=O)[O-])c1. The van der Waals surface area contributed by atoms with Crippen molar-refractivity contribution in [3.05, 3.63) is 80.6 Å². The number of halogens is 2. The van der Waals surface area contributed by atoms with E-state index in [9.17, 15) is 19.3 Å². The first-order chi connectivity index (χ1) is 13.4. The van der Waals surface area contributed by atoms with Crippen molar-refractivity contribution in [3.8, 4) is 11.3 Å². The Morgan fingerprint density at radius 3 is 2.71 bits per heavy atom. The molecule has 2 heterocycles. The zero-order valence-electron chi connectivity index (χ0n) is 13.9. The molecule has 0 aliphatic heterocycles. The number of hydrogen-bond acceptors (Lipinski definition) is 5. The van der Waals surface area contributed by atoms with Gasteiger partial charge in [-0.15, -0.1) is 11.3 Å². The van der Waals surface area contributed by atoms with Gasteiger partial charge in [0.15, 0.2) is 4.96 Å². The van der Waals surface area contributed by atoms with Gasteiger partial charge in [-0.05, 0) is 36.4 Å². The molecular formula is C18H10ClFN4O3S. The molecule has 0 fully saturated rings. The van der Waals surface area contributed by atoms with E-state index in [1.54, 1.807) is 28.1 Å². The molecule has 28 heavy (non-hydrogen) atoms. The summed E-state index contributed by atoms with van der Waals surface area (Å²) in [4.78, 5) is 28.3. The smallest absolute Gasteiger partial charge is 0.288 e. The molecule has 4 rings (SSSR count). The predicted molar refractivity (Wildman–Crippen MR) is 105 cm³/mol. The van der Waals surface area contributed by atoms with Crippen LogP contribution in [0.25, 0.3) is 16.2 Å². The second-order valence-electron chi connectivity index (χ2n) is 5.75. The summed E-state index contributed by atoms with van der Waals surface area (Å²) < 4.78 is 14.9. The largest absolute Gasteiger partial charge is 0.306 e. The normalized spacial score (nSPS) is 10.9. The van der Waals surface area contributed by atoms with Crippen molar-refractivity contribution in [1.29, 1.82) is 0 Å². The molecule has 1 N–H and O–H groups in total. The number of hydrogen-bond donors (Lipinski definition) is 1. The highest BCUT2D eigenvalue weighted by Gasteiger charge is 2.20. The molecule has 1 amide bonds. The number of nitro benzene ring substituents is 1. The summed E-state index contributed by atoms with van der Waals surface area (Å²) in [6, 6.07) is 9.53. The Hall–Kier alpha value is -3.30. The molecule has 0 bridgehead atoms. The highest BCUT2D eigenvalue weighted by molar-refractivity contribution is 7.15. The summed E-state index contributed by atoms with van der Waals surface area (Å²) in [6.07, 6.45) is 1.74. The minimum Gasteiger partial charge on any atom is -0.306 e. The highest BCUT2D eigenvalue weighted by Crippen LogP contribution is 2.32. The van der Waals surface area contributed by atoms with Crippen LogP contribution in [-0.2, 0) is 0 Å². The number of benzene rings is 2. The fourth-order valence-corrected chi connectivity index (χ4v) is 3.59. The van der Waals surface area contributed by atoms with Gasteiger partial charge in [0.1, 0.15) is 22.4 Å². The summed E-state index contributed by atoms with van der Waals surface area (Å²) >= 11 is 7.17. The van der Waals surface area contributed by atoms with Crippen LogP contribution < -0.4 is 5.32 Å². The molecule has 0 radical (unpaired) electrons. The first-order valence-corrected chi connectivity index (χ1v) is 9.16. The van der Waals surface area contributed by atoms with Crippen LogP contribution in [0.5, 0.6) is 0 Å². The lowest BCUT2D eigenvalue weighted by Crippen LogP contribution is -2.14. The maximum absolute atomic E-state index is 13.3. The van der Waals surface area contributed by atoms with Crippen LogP contribution >= 0.6 is 22.9 Å². The Kier molecular flexibility index (Phi) is 4.54. The zero-order chi connectivity index (χ0) is 19.8. The van der Waals surface area contributed by atoms with E-state index < -0.39 is 10.8 Å². The van der Waals surface area contributed by atoms with Gasteiger partial charge in [-0.3, -0.25) is 19.3 Å². The Bertz CT molecular complexity index is 1220. The molecule has 0 atom stereocenters. The quantitative estimate of drug-likeness (QED) is 0.374. The van der Waals surface area contributed by atoms with Gasteiger partial charge in [0.25, 0.3) is 11.6 Å². The van der Waals surface area contributed by atoms with Crippen LogP contribution in [0.4, 0.5) is 15.9 Å². The van der Waals surface area contributed by atoms with Crippen molar-refractivity contribution < 1.29 is 14.1 Å². The van der Waals surface area contributed by atoms with E-state index in [0.29, 0.717) is 22.0 Å². The third-order valence-corrected chi connectivity index (χ3v) is 5.09. The summed E-state index contributed by atoms with van der Waals surface area (Å²) in [5.41, 5.74) is 0.798. The van der Waals surface area contributed by atoms with Crippen LogP contribution in [-0.4, -0.2) is 20.2 Å². The fraction of sp³-hybridized carbons (Fsp3) is 0. The average Bonchev–Trinajstić information content (AvgIpc) is 3.25. The van der Waals surface area contributed by atoms with Gasteiger partial charge < -0.3 is 5.32 Å². The van der Waals surface area contributed by atoms with Crippen LogP contribution in [0.1, 0.15) is 10.4 Å². The number of nitro groups is 1. The Labute approximate surface area is 166 Å². The predicted octanol–water partition coefficient (Wildman–Crippen LogP) is 5.02. The van der Waals surface area contributed by atoms with Crippen molar-refractivity contribution in [1.82, 2.24) is 9.38 Å². The number of aromatic nitrogens is 2. The Morgan fingerprint density at radius 2 is 2.00 bits per heavy atom. The van der Waals surface area contributed by atoms with Crippen LogP contribution in [0.3, 0.4) is 0 Å². The van der Waals surface area contributed by atoms with Crippen molar-refractivity contribution in [2.24, 2.45) is 0 Å². The van der Waals surface area contributed by atoms with Crippen molar-refractivity contribution in [2.45, 2.75) is 0 Å². The molecule has 0 saturated heterocycles. The molecule has 0 unspecified atom stereocenters. The maximum atomic E-state index is 13.3. The number of rotatable bonds is 4. The average molecular weight is 417 g/mol. The Morgan fingerprint density at radius 1 is 1.25 bits per heavy atom. The van der Waals surface area contributed by atoms with E-state index in [0.717, 1.165) is 6.07 Å². The lowest BCUT2D eigenvalue weighted by Gasteiger charge is -2.08. The second-order valence-corrected chi connectivity index (χ2v) is 7.03. The molecule has 0 spiro atoms. The summed E-state index contributed by atoms with van der Waals surface area (Å²) in [5, 5.41) is 15.6. The number of imidazole rings is 1. The van der Waals surface area contributed by atoms with Crippen molar-refractivity contribution in [3.63, 3.8) is 0 Å². The minimum atomic E-state index is -0.654. The topological polar surface area (TPSA) is 89.5 Å². The summed E-state index contributed by atoms with van der Waals surface area (Å²) in [5.74, 6) is -0.564. The molecule has 2 aromatic heterocycles. The standard InChI is InChI=1S/C18H10ClFN4O3S/c19-13-6-3-11(9-14(13)24(26)27)17(25)22-16-15(10-1-4-12(20)5-2-10)21-18-23(16)7-8-28-18/h1-9H,(H,22,25). The number of carbonyl (C=O) groups excluding carboxylic acids is 1. The first-order valence-electron chi connectivity index (χ1n) is 7.91. The van der Waals surface area contributed by atoms with E-state index in [1.807, 2.05) is 0 Å². The van der Waals surface area contributed by atoms with Gasteiger partial charge in [-0.1, -0.05) is 11.6 Å². The summed E-state index contributed by atoms with van der Waals surface area (Å²) in [6.45, 7) is 0. The van der Waals surface area contributed by atoms with Crippen molar-refractivity contribution in [2.75, 3.05) is 5.32 Å². The third kappa shape index (κ3) is 3.21. The van der Waals surface area contributed by atoms with Crippen LogP contribution in [0.15, 0.2) is 54.0 Å². The van der Waals surface area contributed by atoms with Gasteiger partial charge in [-0.25, -0.2) is 9.37 Å². The number of fused-ring (bicyclic) bond motifs is 1. The third-order valence-electron chi connectivity index (χ3n) is 4.02. The molecule has 10 heteroatoms. The number of nitrogens with one attached hydrogen (secondary N) is 1. The van der Waals surface area contributed by atoms with Gasteiger partial charge in [0, 0.05) is 28.8 Å². The van der Waals surface area contributed by atoms with Crippen molar-refractivity contribution >= 4 is 45.3 Å². The molecule has 7 nitrogen and oxygen atoms in total. The monoisotopic (exact) mass is 416 g/mol. The molecule has 0 saturated carbocycles. The maximum Gasteiger partial charge on any atom is 0.288 e. The van der Waals surface area contributed by atoms with Crippen LogP contribution in [0, 0.1) is 15.9 Å². The Balaban J connectivity index is 1.75. The number of thiazole rings is 1. The molecule has 0 aliphatic rings. The van der Waals surface area contributed by atoms with Crippen LogP contribution in [0.2, 0.25) is 5.02 Å².